The fourth-order valence-electron chi connectivity index (χ4n) is 2.92. The molecule has 1 saturated heterocycles. The Kier molecular flexibility index (Phi) is 11.7. The summed E-state index contributed by atoms with van der Waals surface area (Å²) in [5.74, 6) is 0.682. The van der Waals surface area contributed by atoms with Gasteiger partial charge in [0.15, 0.2) is 5.96 Å². The van der Waals surface area contributed by atoms with Crippen molar-refractivity contribution in [2.75, 3.05) is 53.0 Å². The Morgan fingerprint density at radius 2 is 1.97 bits per heavy atom. The molecule has 1 aromatic carbocycles. The molecule has 29 heavy (non-hydrogen) atoms. The van der Waals surface area contributed by atoms with Crippen LogP contribution in [0.4, 0.5) is 13.2 Å². The van der Waals surface area contributed by atoms with Gasteiger partial charge in [-0.05, 0) is 37.6 Å². The van der Waals surface area contributed by atoms with Crippen molar-refractivity contribution in [2.24, 2.45) is 4.99 Å². The highest BCUT2D eigenvalue weighted by atomic mass is 127. The lowest BCUT2D eigenvalue weighted by molar-refractivity contribution is -0.138. The van der Waals surface area contributed by atoms with Gasteiger partial charge in [0.05, 0.1) is 32.4 Å². The second-order valence-electron chi connectivity index (χ2n) is 6.45. The van der Waals surface area contributed by atoms with Crippen molar-refractivity contribution in [1.29, 1.82) is 0 Å². The predicted octanol–water partition coefficient (Wildman–Crippen LogP) is 3.11. The fourth-order valence-corrected chi connectivity index (χ4v) is 2.92. The number of hydrogen-bond acceptors (Lipinski definition) is 4. The summed E-state index contributed by atoms with van der Waals surface area (Å²) in [4.78, 5) is 6.65. The van der Waals surface area contributed by atoms with Crippen LogP contribution in [-0.2, 0) is 17.5 Å². The van der Waals surface area contributed by atoms with Gasteiger partial charge in [0, 0.05) is 26.2 Å². The number of halogens is 4. The molecule has 2 rings (SSSR count). The minimum Gasteiger partial charge on any atom is -0.497 e. The summed E-state index contributed by atoms with van der Waals surface area (Å²) < 4.78 is 50.2. The fraction of sp³-hybridized carbons (Fsp3) is 0.632. The number of rotatable bonds is 8. The molecule has 0 aromatic heterocycles. The maximum absolute atomic E-state index is 13.3. The third-order valence-electron chi connectivity index (χ3n) is 4.42. The maximum atomic E-state index is 13.3. The Bertz CT molecular complexity index is 638. The van der Waals surface area contributed by atoms with E-state index in [-0.39, 0.29) is 41.8 Å². The summed E-state index contributed by atoms with van der Waals surface area (Å²) in [7, 11) is 1.34. The molecule has 0 saturated carbocycles. The van der Waals surface area contributed by atoms with E-state index < -0.39 is 11.7 Å². The topological polar surface area (TPSA) is 58.1 Å². The van der Waals surface area contributed by atoms with Gasteiger partial charge in [0.25, 0.3) is 0 Å². The van der Waals surface area contributed by atoms with Gasteiger partial charge in [0.1, 0.15) is 5.75 Å². The monoisotopic (exact) mass is 530 g/mol. The normalized spacial score (nSPS) is 15.6. The van der Waals surface area contributed by atoms with Crippen LogP contribution in [0.15, 0.2) is 23.2 Å². The van der Waals surface area contributed by atoms with Crippen molar-refractivity contribution in [1.82, 2.24) is 15.5 Å². The van der Waals surface area contributed by atoms with Gasteiger partial charge in [0.2, 0.25) is 0 Å². The largest absolute Gasteiger partial charge is 0.497 e. The number of ether oxygens (including phenoxy) is 2. The van der Waals surface area contributed by atoms with E-state index in [0.717, 1.165) is 45.3 Å². The smallest absolute Gasteiger partial charge is 0.416 e. The van der Waals surface area contributed by atoms with Crippen LogP contribution in [0, 0.1) is 0 Å². The maximum Gasteiger partial charge on any atom is 0.416 e. The number of morpholine rings is 1. The molecule has 10 heteroatoms. The molecule has 0 aliphatic carbocycles. The van der Waals surface area contributed by atoms with Gasteiger partial charge >= 0.3 is 6.18 Å². The standard InChI is InChI=1S/C19H29F3N4O2.HI/c1-3-23-18(24-7-4-8-26-9-11-28-12-10-26)25-14-15-5-6-16(27-2)13-17(15)19(20,21)22;/h5-6,13H,3-4,7-12,14H2,1-2H3,(H2,23,24,25);1H. The molecule has 1 aliphatic heterocycles. The summed E-state index contributed by atoms with van der Waals surface area (Å²) in [6.45, 7) is 7.52. The van der Waals surface area contributed by atoms with E-state index in [1.807, 2.05) is 6.92 Å². The molecule has 6 nitrogen and oxygen atoms in total. The number of aliphatic imine (C=N–C) groups is 1. The van der Waals surface area contributed by atoms with E-state index in [1.54, 1.807) is 0 Å². The molecule has 1 fully saturated rings. The Morgan fingerprint density at radius 1 is 1.24 bits per heavy atom. The van der Waals surface area contributed by atoms with E-state index in [2.05, 4.69) is 20.5 Å². The SMILES string of the molecule is CCNC(=NCc1ccc(OC)cc1C(F)(F)F)NCCCN1CCOCC1.I. The first-order valence-corrected chi connectivity index (χ1v) is 9.50. The van der Waals surface area contributed by atoms with Crippen molar-refractivity contribution in [3.05, 3.63) is 29.3 Å². The van der Waals surface area contributed by atoms with Crippen LogP contribution in [0.1, 0.15) is 24.5 Å². The zero-order valence-corrected chi connectivity index (χ0v) is 19.2. The van der Waals surface area contributed by atoms with E-state index in [1.165, 1.54) is 19.2 Å². The van der Waals surface area contributed by atoms with Gasteiger partial charge in [-0.15, -0.1) is 24.0 Å². The molecule has 0 unspecified atom stereocenters. The first-order chi connectivity index (χ1) is 13.4. The molecule has 0 atom stereocenters. The van der Waals surface area contributed by atoms with Crippen molar-refractivity contribution in [2.45, 2.75) is 26.1 Å². The number of hydrogen-bond donors (Lipinski definition) is 2. The zero-order valence-electron chi connectivity index (χ0n) is 16.8. The minimum atomic E-state index is -4.46. The number of nitrogens with zero attached hydrogens (tertiary/aromatic N) is 2. The van der Waals surface area contributed by atoms with Crippen LogP contribution in [0.3, 0.4) is 0 Å². The molecule has 1 heterocycles. The minimum absolute atomic E-state index is 0. The van der Waals surface area contributed by atoms with E-state index >= 15 is 0 Å². The van der Waals surface area contributed by atoms with Gasteiger partial charge in [-0.2, -0.15) is 13.2 Å². The number of alkyl halides is 3. The van der Waals surface area contributed by atoms with Gasteiger partial charge in [-0.1, -0.05) is 6.07 Å². The zero-order chi connectivity index (χ0) is 20.4. The van der Waals surface area contributed by atoms with Crippen LogP contribution in [0.25, 0.3) is 0 Å². The van der Waals surface area contributed by atoms with Gasteiger partial charge in [-0.25, -0.2) is 4.99 Å². The lowest BCUT2D eigenvalue weighted by Gasteiger charge is -2.26. The molecule has 2 N–H and O–H groups in total. The number of benzene rings is 1. The molecular weight excluding hydrogens is 500 g/mol. The molecule has 1 aliphatic rings. The van der Waals surface area contributed by atoms with Gasteiger partial charge in [-0.3, -0.25) is 4.90 Å². The molecule has 166 valence electrons. The van der Waals surface area contributed by atoms with Crippen LogP contribution in [0.5, 0.6) is 5.75 Å². The molecule has 0 bridgehead atoms. The van der Waals surface area contributed by atoms with Crippen LogP contribution < -0.4 is 15.4 Å². The molecule has 1 aromatic rings. The lowest BCUT2D eigenvalue weighted by Crippen LogP contribution is -2.40. The molecular formula is C19H30F3IN4O2. The predicted molar refractivity (Wildman–Crippen MR) is 118 cm³/mol. The summed E-state index contributed by atoms with van der Waals surface area (Å²) in [6.07, 6.45) is -3.54. The highest BCUT2D eigenvalue weighted by molar-refractivity contribution is 14.0. The summed E-state index contributed by atoms with van der Waals surface area (Å²) in [6, 6.07) is 3.93. The van der Waals surface area contributed by atoms with E-state index in [0.29, 0.717) is 19.0 Å². The third kappa shape index (κ3) is 8.95. The Hall–Kier alpha value is -1.27. The van der Waals surface area contributed by atoms with E-state index in [9.17, 15) is 13.2 Å². The Balaban J connectivity index is 0.00000420. The van der Waals surface area contributed by atoms with Crippen molar-refractivity contribution in [3.63, 3.8) is 0 Å². The highest BCUT2D eigenvalue weighted by Gasteiger charge is 2.33. The molecule has 0 radical (unpaired) electrons. The quantitative estimate of drug-likeness (QED) is 0.234. The average Bonchev–Trinajstić information content (AvgIpc) is 2.69. The summed E-state index contributed by atoms with van der Waals surface area (Å²) in [5, 5.41) is 6.26. The first-order valence-electron chi connectivity index (χ1n) is 9.50. The van der Waals surface area contributed by atoms with E-state index in [4.69, 9.17) is 9.47 Å². The molecule has 0 spiro atoms. The summed E-state index contributed by atoms with van der Waals surface area (Å²) in [5.41, 5.74) is -0.613. The average molecular weight is 530 g/mol. The Labute approximate surface area is 187 Å². The summed E-state index contributed by atoms with van der Waals surface area (Å²) >= 11 is 0. The second-order valence-corrected chi connectivity index (χ2v) is 6.45. The van der Waals surface area contributed by atoms with Crippen LogP contribution >= 0.6 is 24.0 Å². The number of methoxy groups -OCH3 is 1. The van der Waals surface area contributed by atoms with Crippen molar-refractivity contribution in [3.8, 4) is 5.75 Å². The van der Waals surface area contributed by atoms with Gasteiger partial charge < -0.3 is 20.1 Å². The van der Waals surface area contributed by atoms with Crippen molar-refractivity contribution < 1.29 is 22.6 Å². The highest BCUT2D eigenvalue weighted by Crippen LogP contribution is 2.34. The number of guanidine groups is 1. The van der Waals surface area contributed by atoms with Crippen LogP contribution in [0.2, 0.25) is 0 Å². The Morgan fingerprint density at radius 3 is 2.59 bits per heavy atom. The van der Waals surface area contributed by atoms with Crippen molar-refractivity contribution >= 4 is 29.9 Å². The first kappa shape index (κ1) is 25.8. The lowest BCUT2D eigenvalue weighted by atomic mass is 10.1. The molecule has 0 amide bonds. The van der Waals surface area contributed by atoms with Crippen LogP contribution in [-0.4, -0.2) is 63.9 Å². The second kappa shape index (κ2) is 13.1. The number of nitrogens with one attached hydrogen (secondary N) is 2. The third-order valence-corrected chi connectivity index (χ3v) is 4.42.